The maximum Gasteiger partial charge on any atom is 0.169 e. The van der Waals surface area contributed by atoms with E-state index in [0.717, 1.165) is 23.1 Å². The van der Waals surface area contributed by atoms with Crippen LogP contribution in [0.2, 0.25) is 0 Å². The molecule has 0 bridgehead atoms. The smallest absolute Gasteiger partial charge is 0.169 e. The molecule has 2 heterocycles. The van der Waals surface area contributed by atoms with Crippen LogP contribution in [0.1, 0.15) is 11.1 Å². The third-order valence-corrected chi connectivity index (χ3v) is 5.16. The molecule has 3 aromatic rings. The lowest BCUT2D eigenvalue weighted by Crippen LogP contribution is -1.98. The van der Waals surface area contributed by atoms with Crippen LogP contribution in [0.5, 0.6) is 0 Å². The van der Waals surface area contributed by atoms with Crippen LogP contribution in [0.25, 0.3) is 22.5 Å². The number of aromatic nitrogens is 2. The van der Waals surface area contributed by atoms with Crippen molar-refractivity contribution in [3.05, 3.63) is 59.7 Å². The Kier molecular flexibility index (Phi) is 3.30. The van der Waals surface area contributed by atoms with Crippen molar-refractivity contribution in [3.63, 3.8) is 0 Å². The molecule has 0 unspecified atom stereocenters. The van der Waals surface area contributed by atoms with Crippen molar-refractivity contribution in [1.29, 1.82) is 0 Å². The maximum absolute atomic E-state index is 4.95. The van der Waals surface area contributed by atoms with Crippen LogP contribution in [-0.2, 0) is 6.54 Å². The van der Waals surface area contributed by atoms with Gasteiger partial charge >= 0.3 is 0 Å². The van der Waals surface area contributed by atoms with Crippen LogP contribution < -0.4 is 0 Å². The van der Waals surface area contributed by atoms with Crippen LogP contribution in [0.4, 0.5) is 0 Å². The van der Waals surface area contributed by atoms with Crippen molar-refractivity contribution < 1.29 is 0 Å². The molecule has 0 radical (unpaired) electrons. The molecule has 110 valence electrons. The van der Waals surface area contributed by atoms with Crippen molar-refractivity contribution in [3.8, 4) is 22.5 Å². The average molecular weight is 306 g/mol. The van der Waals surface area contributed by atoms with Gasteiger partial charge in [-0.05, 0) is 19.4 Å². The Labute approximate surface area is 135 Å². The van der Waals surface area contributed by atoms with E-state index in [0.29, 0.717) is 0 Å². The van der Waals surface area contributed by atoms with Crippen molar-refractivity contribution >= 4 is 11.8 Å². The van der Waals surface area contributed by atoms with Gasteiger partial charge in [-0.2, -0.15) is 0 Å². The summed E-state index contributed by atoms with van der Waals surface area (Å²) in [5.41, 5.74) is 7.43. The monoisotopic (exact) mass is 306 g/mol. The number of hydrogen-bond donors (Lipinski definition) is 0. The van der Waals surface area contributed by atoms with E-state index in [1.165, 1.54) is 27.9 Å². The number of fused-ring (bicyclic) bond motifs is 1. The van der Waals surface area contributed by atoms with Gasteiger partial charge in [0.2, 0.25) is 0 Å². The normalized spacial score (nSPS) is 13.4. The van der Waals surface area contributed by atoms with Gasteiger partial charge in [0, 0.05) is 23.4 Å². The Morgan fingerprint density at radius 1 is 1.00 bits per heavy atom. The highest BCUT2D eigenvalue weighted by Gasteiger charge is 2.24. The number of nitrogens with zero attached hydrogens (tertiary/aromatic N) is 2. The molecule has 3 heteroatoms. The summed E-state index contributed by atoms with van der Waals surface area (Å²) in [7, 11) is 0. The van der Waals surface area contributed by atoms with Gasteiger partial charge in [-0.25, -0.2) is 4.98 Å². The van der Waals surface area contributed by atoms with Crippen LogP contribution in [0.15, 0.2) is 53.7 Å². The third-order valence-electron chi connectivity index (χ3n) is 4.20. The van der Waals surface area contributed by atoms with Gasteiger partial charge in [0.1, 0.15) is 0 Å². The lowest BCUT2D eigenvalue weighted by atomic mass is 10.0. The molecule has 0 fully saturated rings. The fourth-order valence-corrected chi connectivity index (χ4v) is 3.96. The lowest BCUT2D eigenvalue weighted by molar-refractivity contribution is 0.726. The molecule has 0 atom stereocenters. The highest BCUT2D eigenvalue weighted by molar-refractivity contribution is 7.99. The average Bonchev–Trinajstić information content (AvgIpc) is 3.09. The molecule has 4 rings (SSSR count). The van der Waals surface area contributed by atoms with Crippen molar-refractivity contribution in [2.24, 2.45) is 0 Å². The standard InChI is InChI=1S/C19H18N2S/c1-13-7-9-15(10-8-13)18-17(16-6-4-3-5-14(16)2)20-19-21(18)11-12-22-19/h3-10H,11-12H2,1-2H3. The summed E-state index contributed by atoms with van der Waals surface area (Å²) in [4.78, 5) is 4.95. The van der Waals surface area contributed by atoms with Gasteiger partial charge in [-0.1, -0.05) is 65.9 Å². The number of aryl methyl sites for hydroxylation is 2. The van der Waals surface area contributed by atoms with E-state index in [1.54, 1.807) is 0 Å². The van der Waals surface area contributed by atoms with E-state index in [2.05, 4.69) is 66.9 Å². The molecular weight excluding hydrogens is 288 g/mol. The molecule has 0 N–H and O–H groups in total. The van der Waals surface area contributed by atoms with E-state index >= 15 is 0 Å². The predicted molar refractivity (Wildman–Crippen MR) is 93.3 cm³/mol. The summed E-state index contributed by atoms with van der Waals surface area (Å²) < 4.78 is 2.37. The molecule has 1 aliphatic rings. The summed E-state index contributed by atoms with van der Waals surface area (Å²) in [6, 6.07) is 17.3. The lowest BCUT2D eigenvalue weighted by Gasteiger charge is -2.10. The minimum Gasteiger partial charge on any atom is -0.318 e. The van der Waals surface area contributed by atoms with Crippen LogP contribution in [0, 0.1) is 13.8 Å². The summed E-state index contributed by atoms with van der Waals surface area (Å²) in [6.45, 7) is 5.33. The zero-order chi connectivity index (χ0) is 15.1. The zero-order valence-corrected chi connectivity index (χ0v) is 13.7. The molecule has 22 heavy (non-hydrogen) atoms. The number of thioether (sulfide) groups is 1. The molecule has 0 amide bonds. The predicted octanol–water partition coefficient (Wildman–Crippen LogP) is 4.94. The fraction of sp³-hybridized carbons (Fsp3) is 0.211. The molecule has 0 saturated carbocycles. The topological polar surface area (TPSA) is 17.8 Å². The Balaban J connectivity index is 1.97. The third kappa shape index (κ3) is 2.17. The Bertz CT molecular complexity index is 831. The molecule has 1 aromatic heterocycles. The first kappa shape index (κ1) is 13.6. The van der Waals surface area contributed by atoms with Crippen molar-refractivity contribution in [2.75, 3.05) is 5.75 Å². The largest absolute Gasteiger partial charge is 0.318 e. The van der Waals surface area contributed by atoms with Gasteiger partial charge in [-0.15, -0.1) is 0 Å². The Hall–Kier alpha value is -2.00. The van der Waals surface area contributed by atoms with Crippen LogP contribution in [0.3, 0.4) is 0 Å². The SMILES string of the molecule is Cc1ccc(-c2c(-c3ccccc3C)nc3n2CCS3)cc1. The first-order chi connectivity index (χ1) is 10.7. The van der Waals surface area contributed by atoms with Gasteiger partial charge in [0.05, 0.1) is 11.4 Å². The minimum absolute atomic E-state index is 1.04. The summed E-state index contributed by atoms with van der Waals surface area (Å²) in [6.07, 6.45) is 0. The highest BCUT2D eigenvalue weighted by atomic mass is 32.2. The van der Waals surface area contributed by atoms with Gasteiger partial charge < -0.3 is 4.57 Å². The van der Waals surface area contributed by atoms with E-state index < -0.39 is 0 Å². The Morgan fingerprint density at radius 2 is 1.77 bits per heavy atom. The molecular formula is C19H18N2S. The van der Waals surface area contributed by atoms with Crippen LogP contribution >= 0.6 is 11.8 Å². The number of rotatable bonds is 2. The second-order valence-corrected chi connectivity index (χ2v) is 6.83. The molecule has 0 spiro atoms. The maximum atomic E-state index is 4.95. The van der Waals surface area contributed by atoms with Crippen molar-refractivity contribution in [2.45, 2.75) is 25.5 Å². The van der Waals surface area contributed by atoms with E-state index in [-0.39, 0.29) is 0 Å². The van der Waals surface area contributed by atoms with E-state index in [4.69, 9.17) is 4.98 Å². The fourth-order valence-electron chi connectivity index (χ4n) is 3.01. The van der Waals surface area contributed by atoms with E-state index in [1.807, 2.05) is 11.8 Å². The second kappa shape index (κ2) is 5.33. The van der Waals surface area contributed by atoms with Gasteiger partial charge in [0.25, 0.3) is 0 Å². The number of imidazole rings is 1. The molecule has 1 aliphatic heterocycles. The zero-order valence-electron chi connectivity index (χ0n) is 12.8. The second-order valence-electron chi connectivity index (χ2n) is 5.77. The quantitative estimate of drug-likeness (QED) is 0.667. The molecule has 0 saturated heterocycles. The summed E-state index contributed by atoms with van der Waals surface area (Å²) >= 11 is 1.85. The molecule has 2 nitrogen and oxygen atoms in total. The molecule has 2 aromatic carbocycles. The minimum atomic E-state index is 1.04. The summed E-state index contributed by atoms with van der Waals surface area (Å²) in [5.74, 6) is 1.12. The van der Waals surface area contributed by atoms with Crippen LogP contribution in [-0.4, -0.2) is 15.3 Å². The Morgan fingerprint density at radius 3 is 2.55 bits per heavy atom. The first-order valence-electron chi connectivity index (χ1n) is 7.60. The first-order valence-corrected chi connectivity index (χ1v) is 8.59. The molecule has 0 aliphatic carbocycles. The summed E-state index contributed by atoms with van der Waals surface area (Å²) in [5, 5.41) is 1.15. The number of hydrogen-bond acceptors (Lipinski definition) is 2. The van der Waals surface area contributed by atoms with Gasteiger partial charge in [0.15, 0.2) is 5.16 Å². The van der Waals surface area contributed by atoms with Crippen molar-refractivity contribution in [1.82, 2.24) is 9.55 Å². The van der Waals surface area contributed by atoms with E-state index in [9.17, 15) is 0 Å². The van der Waals surface area contributed by atoms with Gasteiger partial charge in [-0.3, -0.25) is 0 Å². The highest BCUT2D eigenvalue weighted by Crippen LogP contribution is 2.39. The number of benzene rings is 2.